The monoisotopic (exact) mass is 224 g/mol. The summed E-state index contributed by atoms with van der Waals surface area (Å²) in [7, 11) is 0. The lowest BCUT2D eigenvalue weighted by molar-refractivity contribution is -0.191. The van der Waals surface area contributed by atoms with Gasteiger partial charge in [0.1, 0.15) is 18.3 Å². The standard InChI is InChI=1S/C8H14O6.H2O/c9-3-4(10)6(12)7(13)8(14)2-1-5(8)11;/h4,6-7,9-10,12-14H,1-3H2;1H2/t4-,6-,7+,8+;/m0./s1. The Kier molecular flexibility index (Phi) is 4.78. The molecular formula is C8H16O7. The van der Waals surface area contributed by atoms with Crippen LogP contribution in [-0.4, -0.2) is 67.3 Å². The second kappa shape index (κ2) is 4.97. The molecule has 1 saturated carbocycles. The molecule has 0 heterocycles. The van der Waals surface area contributed by atoms with E-state index in [9.17, 15) is 20.1 Å². The number of carbonyl (C=O) groups is 1. The molecule has 90 valence electrons. The predicted octanol–water partition coefficient (Wildman–Crippen LogP) is -3.67. The Labute approximate surface area is 85.9 Å². The van der Waals surface area contributed by atoms with Crippen LogP contribution in [-0.2, 0) is 4.79 Å². The molecule has 15 heavy (non-hydrogen) atoms. The number of rotatable bonds is 4. The predicted molar refractivity (Wildman–Crippen MR) is 47.9 cm³/mol. The normalized spacial score (nSPS) is 31.1. The first-order valence-electron chi connectivity index (χ1n) is 4.34. The van der Waals surface area contributed by atoms with Crippen LogP contribution in [0, 0.1) is 0 Å². The number of Topliss-reactive ketones (excluding diaryl/α,β-unsaturated/α-hetero) is 1. The molecule has 0 saturated heterocycles. The summed E-state index contributed by atoms with van der Waals surface area (Å²) in [5, 5.41) is 45.6. The van der Waals surface area contributed by atoms with E-state index in [0.717, 1.165) is 0 Å². The highest BCUT2D eigenvalue weighted by molar-refractivity contribution is 5.93. The van der Waals surface area contributed by atoms with E-state index in [2.05, 4.69) is 0 Å². The quantitative estimate of drug-likeness (QED) is 0.332. The van der Waals surface area contributed by atoms with Crippen molar-refractivity contribution in [3.63, 3.8) is 0 Å². The summed E-state index contributed by atoms with van der Waals surface area (Å²) in [4.78, 5) is 10.9. The molecule has 0 radical (unpaired) electrons. The highest BCUT2D eigenvalue weighted by atomic mass is 16.4. The average Bonchev–Trinajstić information content (AvgIpc) is 2.22. The zero-order chi connectivity index (χ0) is 10.9. The van der Waals surface area contributed by atoms with Crippen LogP contribution in [0.25, 0.3) is 0 Å². The van der Waals surface area contributed by atoms with E-state index in [1.807, 2.05) is 0 Å². The maximum atomic E-state index is 10.9. The molecule has 0 aliphatic heterocycles. The largest absolute Gasteiger partial charge is 0.412 e. The number of aliphatic hydroxyl groups excluding tert-OH is 4. The molecular weight excluding hydrogens is 208 g/mol. The second-order valence-electron chi connectivity index (χ2n) is 3.53. The van der Waals surface area contributed by atoms with Crippen molar-refractivity contribution in [2.75, 3.05) is 6.61 Å². The highest BCUT2D eigenvalue weighted by Crippen LogP contribution is 2.32. The van der Waals surface area contributed by atoms with E-state index in [1.165, 1.54) is 0 Å². The van der Waals surface area contributed by atoms with Crippen molar-refractivity contribution in [3.8, 4) is 0 Å². The lowest BCUT2D eigenvalue weighted by Gasteiger charge is -2.41. The lowest BCUT2D eigenvalue weighted by atomic mass is 9.72. The van der Waals surface area contributed by atoms with Gasteiger partial charge < -0.3 is 31.0 Å². The SMILES string of the molecule is O.O=C1CC[C@]1(O)[C@H](O)[C@@H](O)[C@@H](O)CO. The Morgan fingerprint density at radius 3 is 2.13 bits per heavy atom. The molecule has 0 aromatic carbocycles. The zero-order valence-corrected chi connectivity index (χ0v) is 8.00. The topological polar surface area (TPSA) is 150 Å². The summed E-state index contributed by atoms with van der Waals surface area (Å²) < 4.78 is 0. The third-order valence-corrected chi connectivity index (χ3v) is 2.61. The maximum Gasteiger partial charge on any atom is 0.167 e. The summed E-state index contributed by atoms with van der Waals surface area (Å²) in [6.45, 7) is -0.748. The molecule has 0 bridgehead atoms. The first kappa shape index (κ1) is 14.4. The van der Waals surface area contributed by atoms with E-state index in [1.54, 1.807) is 0 Å². The third kappa shape index (κ3) is 2.33. The molecule has 0 amide bonds. The average molecular weight is 224 g/mol. The van der Waals surface area contributed by atoms with Gasteiger partial charge in [-0.15, -0.1) is 0 Å². The highest BCUT2D eigenvalue weighted by Gasteiger charge is 2.53. The molecule has 1 rings (SSSR count). The number of aliphatic hydroxyl groups is 5. The molecule has 7 N–H and O–H groups in total. The van der Waals surface area contributed by atoms with Crippen molar-refractivity contribution in [1.82, 2.24) is 0 Å². The van der Waals surface area contributed by atoms with Crippen molar-refractivity contribution >= 4 is 5.78 Å². The van der Waals surface area contributed by atoms with Crippen LogP contribution in [0.1, 0.15) is 12.8 Å². The van der Waals surface area contributed by atoms with Crippen LogP contribution in [0.2, 0.25) is 0 Å². The van der Waals surface area contributed by atoms with Crippen LogP contribution in [0.4, 0.5) is 0 Å². The lowest BCUT2D eigenvalue weighted by Crippen LogP contribution is -2.62. The van der Waals surface area contributed by atoms with Crippen LogP contribution in [0.5, 0.6) is 0 Å². The minimum absolute atomic E-state index is 0. The van der Waals surface area contributed by atoms with Gasteiger partial charge in [0.15, 0.2) is 11.4 Å². The molecule has 4 atom stereocenters. The summed E-state index contributed by atoms with van der Waals surface area (Å²) >= 11 is 0. The van der Waals surface area contributed by atoms with Gasteiger partial charge in [-0.05, 0) is 6.42 Å². The Morgan fingerprint density at radius 2 is 1.87 bits per heavy atom. The fourth-order valence-corrected chi connectivity index (χ4v) is 1.40. The summed E-state index contributed by atoms with van der Waals surface area (Å²) in [6.07, 6.45) is -4.85. The van der Waals surface area contributed by atoms with E-state index in [-0.39, 0.29) is 18.3 Å². The minimum atomic E-state index is -1.96. The number of ketones is 1. The van der Waals surface area contributed by atoms with Crippen molar-refractivity contribution in [2.45, 2.75) is 36.8 Å². The molecule has 1 aliphatic carbocycles. The molecule has 0 unspecified atom stereocenters. The van der Waals surface area contributed by atoms with Crippen LogP contribution in [0.15, 0.2) is 0 Å². The first-order chi connectivity index (χ1) is 6.43. The molecule has 7 nitrogen and oxygen atoms in total. The summed E-state index contributed by atoms with van der Waals surface area (Å²) in [5.74, 6) is -0.561. The van der Waals surface area contributed by atoms with Crippen LogP contribution >= 0.6 is 0 Å². The first-order valence-corrected chi connectivity index (χ1v) is 4.34. The number of hydrogen-bond acceptors (Lipinski definition) is 6. The molecule has 1 fully saturated rings. The number of carbonyl (C=O) groups excluding carboxylic acids is 1. The van der Waals surface area contributed by atoms with Crippen LogP contribution < -0.4 is 0 Å². The third-order valence-electron chi connectivity index (χ3n) is 2.61. The Bertz CT molecular complexity index is 231. The Morgan fingerprint density at radius 1 is 1.33 bits per heavy atom. The zero-order valence-electron chi connectivity index (χ0n) is 8.00. The van der Waals surface area contributed by atoms with Crippen molar-refractivity contribution in [3.05, 3.63) is 0 Å². The van der Waals surface area contributed by atoms with E-state index in [4.69, 9.17) is 10.2 Å². The smallest absolute Gasteiger partial charge is 0.167 e. The summed E-state index contributed by atoms with van der Waals surface area (Å²) in [5.41, 5.74) is -1.96. The fraction of sp³-hybridized carbons (Fsp3) is 0.875. The number of hydrogen-bond donors (Lipinski definition) is 5. The molecule has 0 spiro atoms. The van der Waals surface area contributed by atoms with Gasteiger partial charge in [-0.2, -0.15) is 0 Å². The molecule has 0 aromatic rings. The molecule has 0 aromatic heterocycles. The summed E-state index contributed by atoms with van der Waals surface area (Å²) in [6, 6.07) is 0. The van der Waals surface area contributed by atoms with E-state index in [0.29, 0.717) is 0 Å². The molecule has 7 heteroatoms. The van der Waals surface area contributed by atoms with E-state index < -0.39 is 36.3 Å². The minimum Gasteiger partial charge on any atom is -0.412 e. The van der Waals surface area contributed by atoms with Gasteiger partial charge in [0.05, 0.1) is 6.61 Å². The van der Waals surface area contributed by atoms with Crippen molar-refractivity contribution in [2.24, 2.45) is 0 Å². The fourth-order valence-electron chi connectivity index (χ4n) is 1.40. The van der Waals surface area contributed by atoms with Crippen molar-refractivity contribution < 1.29 is 35.8 Å². The maximum absolute atomic E-state index is 10.9. The van der Waals surface area contributed by atoms with Gasteiger partial charge in [0.2, 0.25) is 0 Å². The van der Waals surface area contributed by atoms with E-state index >= 15 is 0 Å². The van der Waals surface area contributed by atoms with Gasteiger partial charge in [-0.1, -0.05) is 0 Å². The van der Waals surface area contributed by atoms with Gasteiger partial charge in [0, 0.05) is 6.42 Å². The Balaban J connectivity index is 0.00000196. The molecule has 1 aliphatic rings. The second-order valence-corrected chi connectivity index (χ2v) is 3.53. The van der Waals surface area contributed by atoms with Crippen LogP contribution in [0.3, 0.4) is 0 Å². The van der Waals surface area contributed by atoms with Gasteiger partial charge in [0.25, 0.3) is 0 Å². The Hall–Kier alpha value is -0.570. The van der Waals surface area contributed by atoms with Gasteiger partial charge in [-0.25, -0.2) is 0 Å². The van der Waals surface area contributed by atoms with Gasteiger partial charge >= 0.3 is 0 Å². The van der Waals surface area contributed by atoms with Crippen molar-refractivity contribution in [1.29, 1.82) is 0 Å². The van der Waals surface area contributed by atoms with Gasteiger partial charge in [-0.3, -0.25) is 4.79 Å².